The number of rotatable bonds is 5. The van der Waals surface area contributed by atoms with Crippen LogP contribution in [-0.4, -0.2) is 34.1 Å². The predicted octanol–water partition coefficient (Wildman–Crippen LogP) is 1.28. The molecule has 2 aromatic carbocycles. The monoisotopic (exact) mass is 366 g/mol. The number of carbonyl (C=O) groups excluding carboxylic acids is 1. The molecule has 1 aliphatic rings. The maximum atomic E-state index is 13.5. The van der Waals surface area contributed by atoms with Gasteiger partial charge in [0.05, 0.1) is 10.6 Å². The Morgan fingerprint density at radius 1 is 1.12 bits per heavy atom. The number of sulfonamides is 1. The number of nitrogens with zero attached hydrogens (tertiary/aromatic N) is 1. The van der Waals surface area contributed by atoms with Crippen LogP contribution >= 0.6 is 0 Å². The first kappa shape index (κ1) is 17.0. The van der Waals surface area contributed by atoms with E-state index in [1.54, 1.807) is 0 Å². The normalized spacial score (nSPS) is 13.3. The second kappa shape index (κ2) is 6.60. The number of amides is 1. The van der Waals surface area contributed by atoms with Gasteiger partial charge in [0.2, 0.25) is 5.91 Å². The highest BCUT2D eigenvalue weighted by molar-refractivity contribution is 7.92. The van der Waals surface area contributed by atoms with Gasteiger partial charge in [-0.2, -0.15) is 0 Å². The molecule has 0 bridgehead atoms. The third kappa shape index (κ3) is 3.50. The average molecular weight is 366 g/mol. The molecule has 0 radical (unpaired) electrons. The SMILES string of the molecule is NC(=O)CN(c1cccc(F)c1)S(=O)(=O)c1ccc2c(c1)OCCO2. The van der Waals surface area contributed by atoms with Crippen molar-refractivity contribution in [2.45, 2.75) is 4.90 Å². The molecular formula is C16H15FN2O5S. The molecule has 7 nitrogen and oxygen atoms in total. The van der Waals surface area contributed by atoms with E-state index in [2.05, 4.69) is 0 Å². The molecule has 2 aromatic rings. The van der Waals surface area contributed by atoms with E-state index in [1.165, 1.54) is 36.4 Å². The molecule has 0 atom stereocenters. The van der Waals surface area contributed by atoms with Gasteiger partial charge in [-0.1, -0.05) is 6.07 Å². The second-order valence-electron chi connectivity index (χ2n) is 5.26. The summed E-state index contributed by atoms with van der Waals surface area (Å²) >= 11 is 0. The van der Waals surface area contributed by atoms with Gasteiger partial charge in [0.25, 0.3) is 10.0 Å². The minimum absolute atomic E-state index is 0.00584. The van der Waals surface area contributed by atoms with Crippen molar-refractivity contribution in [3.8, 4) is 11.5 Å². The number of hydrogen-bond acceptors (Lipinski definition) is 5. The summed E-state index contributed by atoms with van der Waals surface area (Å²) in [7, 11) is -4.17. The van der Waals surface area contributed by atoms with E-state index in [4.69, 9.17) is 15.2 Å². The maximum absolute atomic E-state index is 13.5. The quantitative estimate of drug-likeness (QED) is 0.859. The predicted molar refractivity (Wildman–Crippen MR) is 87.6 cm³/mol. The van der Waals surface area contributed by atoms with Gasteiger partial charge in [-0.05, 0) is 30.3 Å². The lowest BCUT2D eigenvalue weighted by atomic mass is 10.3. The first-order chi connectivity index (χ1) is 11.9. The molecular weight excluding hydrogens is 351 g/mol. The molecule has 132 valence electrons. The Balaban J connectivity index is 2.06. The number of primary amides is 1. The van der Waals surface area contributed by atoms with Gasteiger partial charge in [0.15, 0.2) is 11.5 Å². The fraction of sp³-hybridized carbons (Fsp3) is 0.188. The van der Waals surface area contributed by atoms with Crippen molar-refractivity contribution in [2.24, 2.45) is 5.73 Å². The lowest BCUT2D eigenvalue weighted by Crippen LogP contribution is -2.38. The summed E-state index contributed by atoms with van der Waals surface area (Å²) in [4.78, 5) is 11.2. The smallest absolute Gasteiger partial charge is 0.264 e. The molecule has 0 fully saturated rings. The number of ether oxygens (including phenoxy) is 2. The molecule has 0 unspecified atom stereocenters. The van der Waals surface area contributed by atoms with E-state index in [-0.39, 0.29) is 16.3 Å². The van der Waals surface area contributed by atoms with E-state index < -0.39 is 28.3 Å². The molecule has 1 amide bonds. The van der Waals surface area contributed by atoms with Gasteiger partial charge in [0.1, 0.15) is 25.6 Å². The van der Waals surface area contributed by atoms with Gasteiger partial charge in [-0.3, -0.25) is 9.10 Å². The van der Waals surface area contributed by atoms with Crippen molar-refractivity contribution in [1.82, 2.24) is 0 Å². The van der Waals surface area contributed by atoms with E-state index in [0.29, 0.717) is 19.0 Å². The number of anilines is 1. The Morgan fingerprint density at radius 2 is 1.84 bits per heavy atom. The fourth-order valence-corrected chi connectivity index (χ4v) is 3.84. The standard InChI is InChI=1S/C16H15FN2O5S/c17-11-2-1-3-12(8-11)19(10-16(18)20)25(21,22)13-4-5-14-15(9-13)24-7-6-23-14/h1-5,8-9H,6-7,10H2,(H2,18,20). The van der Waals surface area contributed by atoms with Gasteiger partial charge >= 0.3 is 0 Å². The van der Waals surface area contributed by atoms with Crippen LogP contribution in [0.5, 0.6) is 11.5 Å². The lowest BCUT2D eigenvalue weighted by molar-refractivity contribution is -0.116. The van der Waals surface area contributed by atoms with Crippen LogP contribution in [0.4, 0.5) is 10.1 Å². The zero-order chi connectivity index (χ0) is 18.0. The molecule has 2 N–H and O–H groups in total. The molecule has 25 heavy (non-hydrogen) atoms. The Morgan fingerprint density at radius 3 is 2.52 bits per heavy atom. The van der Waals surface area contributed by atoms with Crippen LogP contribution in [0.25, 0.3) is 0 Å². The van der Waals surface area contributed by atoms with Crippen LogP contribution < -0.4 is 19.5 Å². The highest BCUT2D eigenvalue weighted by atomic mass is 32.2. The Labute approximate surface area is 143 Å². The third-order valence-electron chi connectivity index (χ3n) is 3.50. The van der Waals surface area contributed by atoms with Gasteiger partial charge in [-0.15, -0.1) is 0 Å². The van der Waals surface area contributed by atoms with Crippen molar-refractivity contribution in [2.75, 3.05) is 24.1 Å². The largest absolute Gasteiger partial charge is 0.486 e. The second-order valence-corrected chi connectivity index (χ2v) is 7.13. The van der Waals surface area contributed by atoms with Gasteiger partial charge in [0, 0.05) is 6.07 Å². The van der Waals surface area contributed by atoms with Gasteiger partial charge in [-0.25, -0.2) is 12.8 Å². The summed E-state index contributed by atoms with van der Waals surface area (Å²) in [5.41, 5.74) is 5.17. The number of nitrogens with two attached hydrogens (primary N) is 1. The van der Waals surface area contributed by atoms with Crippen molar-refractivity contribution in [3.63, 3.8) is 0 Å². The Bertz CT molecular complexity index is 916. The highest BCUT2D eigenvalue weighted by Gasteiger charge is 2.28. The van der Waals surface area contributed by atoms with E-state index in [1.807, 2.05) is 0 Å². The van der Waals surface area contributed by atoms with Crippen molar-refractivity contribution in [3.05, 3.63) is 48.3 Å². The van der Waals surface area contributed by atoms with Crippen molar-refractivity contribution >= 4 is 21.6 Å². The number of halogens is 1. The summed E-state index contributed by atoms with van der Waals surface area (Å²) in [6.45, 7) is 0.0435. The van der Waals surface area contributed by atoms with Crippen molar-refractivity contribution < 1.29 is 27.1 Å². The number of hydrogen-bond donors (Lipinski definition) is 1. The minimum Gasteiger partial charge on any atom is -0.486 e. The first-order valence-electron chi connectivity index (χ1n) is 7.34. The summed E-state index contributed by atoms with van der Waals surface area (Å²) in [5.74, 6) is -0.794. The Hall–Kier alpha value is -2.81. The molecule has 1 aliphatic heterocycles. The maximum Gasteiger partial charge on any atom is 0.264 e. The van der Waals surface area contributed by atoms with Crippen LogP contribution in [0, 0.1) is 5.82 Å². The summed E-state index contributed by atoms with van der Waals surface area (Å²) in [6, 6.07) is 9.00. The van der Waals surface area contributed by atoms with Crippen LogP contribution in [0.15, 0.2) is 47.4 Å². The third-order valence-corrected chi connectivity index (χ3v) is 5.27. The van der Waals surface area contributed by atoms with Crippen LogP contribution in [0.2, 0.25) is 0 Å². The molecule has 0 spiro atoms. The topological polar surface area (TPSA) is 98.9 Å². The fourth-order valence-electron chi connectivity index (χ4n) is 2.40. The Kier molecular flexibility index (Phi) is 4.49. The van der Waals surface area contributed by atoms with Gasteiger partial charge < -0.3 is 15.2 Å². The van der Waals surface area contributed by atoms with Crippen molar-refractivity contribution in [1.29, 1.82) is 0 Å². The van der Waals surface area contributed by atoms with E-state index in [9.17, 15) is 17.6 Å². The van der Waals surface area contributed by atoms with Crippen LogP contribution in [-0.2, 0) is 14.8 Å². The molecule has 1 heterocycles. The van der Waals surface area contributed by atoms with Crippen LogP contribution in [0.3, 0.4) is 0 Å². The molecule has 3 rings (SSSR count). The minimum atomic E-state index is -4.17. The number of fused-ring (bicyclic) bond motifs is 1. The zero-order valence-electron chi connectivity index (χ0n) is 13.0. The molecule has 9 heteroatoms. The number of benzene rings is 2. The molecule has 0 aliphatic carbocycles. The van der Waals surface area contributed by atoms with E-state index in [0.717, 1.165) is 10.4 Å². The summed E-state index contributed by atoms with van der Waals surface area (Å²) < 4.78 is 50.9. The first-order valence-corrected chi connectivity index (χ1v) is 8.78. The number of carbonyl (C=O) groups is 1. The lowest BCUT2D eigenvalue weighted by Gasteiger charge is -2.24. The van der Waals surface area contributed by atoms with Crippen LogP contribution in [0.1, 0.15) is 0 Å². The summed E-state index contributed by atoms with van der Waals surface area (Å²) in [6.07, 6.45) is 0. The molecule has 0 saturated heterocycles. The average Bonchev–Trinajstić information content (AvgIpc) is 2.59. The summed E-state index contributed by atoms with van der Waals surface area (Å²) in [5, 5.41) is 0. The molecule has 0 saturated carbocycles. The zero-order valence-corrected chi connectivity index (χ0v) is 13.8. The molecule has 0 aromatic heterocycles. The van der Waals surface area contributed by atoms with E-state index >= 15 is 0 Å². The highest BCUT2D eigenvalue weighted by Crippen LogP contribution is 2.34.